The van der Waals surface area contributed by atoms with Crippen LogP contribution in [0.3, 0.4) is 0 Å². The fourth-order valence-electron chi connectivity index (χ4n) is 1.77. The van der Waals surface area contributed by atoms with Crippen molar-refractivity contribution in [2.45, 2.75) is 19.3 Å². The monoisotopic (exact) mass is 274 g/mol. The molecule has 4 heteroatoms. The van der Waals surface area contributed by atoms with E-state index in [1.807, 2.05) is 18.2 Å². The first-order valence-electron chi connectivity index (χ1n) is 6.20. The highest BCUT2D eigenvalue weighted by Crippen LogP contribution is 2.17. The number of rotatable bonds is 5. The van der Waals surface area contributed by atoms with E-state index in [2.05, 4.69) is 22.4 Å². The zero-order chi connectivity index (χ0) is 13.5. The third-order valence-electron chi connectivity index (χ3n) is 2.73. The van der Waals surface area contributed by atoms with Gasteiger partial charge in [-0.15, -0.1) is 0 Å². The smallest absolute Gasteiger partial charge is 0.225 e. The number of aromatic nitrogens is 1. The molecule has 0 saturated heterocycles. The number of hydrogen-bond acceptors (Lipinski definition) is 2. The van der Waals surface area contributed by atoms with Crippen molar-refractivity contribution < 1.29 is 4.79 Å². The number of carbonyl (C=O) groups excluding carboxylic acids is 1. The van der Waals surface area contributed by atoms with Crippen molar-refractivity contribution >= 4 is 23.3 Å². The van der Waals surface area contributed by atoms with E-state index in [1.165, 1.54) is 5.56 Å². The Balaban J connectivity index is 1.78. The summed E-state index contributed by atoms with van der Waals surface area (Å²) in [6.07, 6.45) is 3.76. The minimum atomic E-state index is -0.0588. The van der Waals surface area contributed by atoms with Crippen LogP contribution in [0.1, 0.15) is 18.4 Å². The van der Waals surface area contributed by atoms with Gasteiger partial charge in [0.05, 0.1) is 5.02 Å². The molecule has 1 amide bonds. The Morgan fingerprint density at radius 3 is 2.68 bits per heavy atom. The third-order valence-corrected chi connectivity index (χ3v) is 3.03. The fourth-order valence-corrected chi connectivity index (χ4v) is 1.94. The van der Waals surface area contributed by atoms with E-state index in [4.69, 9.17) is 11.6 Å². The quantitative estimate of drug-likeness (QED) is 0.903. The molecule has 0 spiro atoms. The molecular weight excluding hydrogens is 260 g/mol. The molecule has 2 rings (SSSR count). The lowest BCUT2D eigenvalue weighted by Crippen LogP contribution is -2.12. The lowest BCUT2D eigenvalue weighted by Gasteiger charge is -2.05. The molecule has 0 aliphatic rings. The minimum absolute atomic E-state index is 0.0588. The highest BCUT2D eigenvalue weighted by atomic mass is 35.5. The predicted molar refractivity (Wildman–Crippen MR) is 77.3 cm³/mol. The van der Waals surface area contributed by atoms with Gasteiger partial charge < -0.3 is 5.32 Å². The number of amides is 1. The van der Waals surface area contributed by atoms with Crippen LogP contribution in [0, 0.1) is 0 Å². The molecule has 0 saturated carbocycles. The number of halogens is 1. The van der Waals surface area contributed by atoms with Crippen LogP contribution in [0.25, 0.3) is 0 Å². The Kier molecular flexibility index (Phi) is 4.93. The maximum absolute atomic E-state index is 11.7. The van der Waals surface area contributed by atoms with E-state index in [-0.39, 0.29) is 5.91 Å². The van der Waals surface area contributed by atoms with Gasteiger partial charge in [0.1, 0.15) is 0 Å². The molecule has 0 aliphatic carbocycles. The van der Waals surface area contributed by atoms with Crippen LogP contribution in [0.15, 0.2) is 48.7 Å². The van der Waals surface area contributed by atoms with Gasteiger partial charge >= 0.3 is 0 Å². The van der Waals surface area contributed by atoms with E-state index in [0.29, 0.717) is 17.3 Å². The van der Waals surface area contributed by atoms with Crippen molar-refractivity contribution in [3.05, 3.63) is 59.2 Å². The summed E-state index contributed by atoms with van der Waals surface area (Å²) in [5.41, 5.74) is 1.24. The Bertz CT molecular complexity index is 543. The van der Waals surface area contributed by atoms with Gasteiger partial charge in [0.15, 0.2) is 5.82 Å². The Morgan fingerprint density at radius 1 is 1.16 bits per heavy atom. The molecule has 1 aromatic carbocycles. The van der Waals surface area contributed by atoms with Crippen LogP contribution in [0.2, 0.25) is 5.02 Å². The first kappa shape index (κ1) is 13.6. The number of aryl methyl sites for hydroxylation is 1. The number of nitrogens with zero attached hydrogens (tertiary/aromatic N) is 1. The number of anilines is 1. The number of carbonyl (C=O) groups is 1. The van der Waals surface area contributed by atoms with Crippen molar-refractivity contribution in [1.29, 1.82) is 0 Å². The number of benzene rings is 1. The van der Waals surface area contributed by atoms with Crippen LogP contribution in [-0.2, 0) is 11.2 Å². The van der Waals surface area contributed by atoms with Crippen molar-refractivity contribution in [1.82, 2.24) is 4.98 Å². The lowest BCUT2D eigenvalue weighted by molar-refractivity contribution is -0.116. The molecule has 19 heavy (non-hydrogen) atoms. The first-order chi connectivity index (χ1) is 9.25. The second kappa shape index (κ2) is 6.90. The van der Waals surface area contributed by atoms with Crippen LogP contribution in [-0.4, -0.2) is 10.9 Å². The third kappa shape index (κ3) is 4.38. The van der Waals surface area contributed by atoms with Crippen LogP contribution in [0.5, 0.6) is 0 Å². The summed E-state index contributed by atoms with van der Waals surface area (Å²) < 4.78 is 0. The van der Waals surface area contributed by atoms with E-state index in [9.17, 15) is 4.79 Å². The molecule has 1 heterocycles. The van der Waals surface area contributed by atoms with Gasteiger partial charge in [-0.05, 0) is 30.5 Å². The van der Waals surface area contributed by atoms with Crippen LogP contribution in [0.4, 0.5) is 5.82 Å². The fraction of sp³-hybridized carbons (Fsp3) is 0.200. The summed E-state index contributed by atoms with van der Waals surface area (Å²) in [5.74, 6) is 0.366. The van der Waals surface area contributed by atoms with Gasteiger partial charge in [0.2, 0.25) is 5.91 Å². The van der Waals surface area contributed by atoms with Gasteiger partial charge in [-0.3, -0.25) is 4.79 Å². The Hall–Kier alpha value is -1.87. The van der Waals surface area contributed by atoms with Crippen molar-refractivity contribution in [3.8, 4) is 0 Å². The maximum Gasteiger partial charge on any atom is 0.225 e. The Labute approximate surface area is 117 Å². The van der Waals surface area contributed by atoms with Crippen LogP contribution < -0.4 is 5.32 Å². The van der Waals surface area contributed by atoms with Gasteiger partial charge in [-0.1, -0.05) is 41.9 Å². The zero-order valence-corrected chi connectivity index (χ0v) is 11.2. The summed E-state index contributed by atoms with van der Waals surface area (Å²) in [7, 11) is 0. The van der Waals surface area contributed by atoms with E-state index < -0.39 is 0 Å². The largest absolute Gasteiger partial charge is 0.309 e. The maximum atomic E-state index is 11.7. The molecule has 1 N–H and O–H groups in total. The molecule has 0 bridgehead atoms. The van der Waals surface area contributed by atoms with Crippen molar-refractivity contribution in [2.75, 3.05) is 5.32 Å². The standard InChI is InChI=1S/C15H15ClN2O/c16-13-9-5-11-17-15(13)18-14(19)10-4-8-12-6-2-1-3-7-12/h1-3,5-7,9,11H,4,8,10H2,(H,17,18,19). The molecule has 0 unspecified atom stereocenters. The van der Waals surface area contributed by atoms with E-state index in [0.717, 1.165) is 12.8 Å². The van der Waals surface area contributed by atoms with E-state index in [1.54, 1.807) is 18.3 Å². The number of pyridine rings is 1. The lowest BCUT2D eigenvalue weighted by atomic mass is 10.1. The molecule has 3 nitrogen and oxygen atoms in total. The molecule has 98 valence electrons. The molecule has 0 aliphatic heterocycles. The second-order valence-corrected chi connectivity index (χ2v) is 4.63. The van der Waals surface area contributed by atoms with Gasteiger partial charge in [0.25, 0.3) is 0 Å². The average molecular weight is 275 g/mol. The van der Waals surface area contributed by atoms with E-state index >= 15 is 0 Å². The Morgan fingerprint density at radius 2 is 1.95 bits per heavy atom. The molecule has 0 atom stereocenters. The number of nitrogens with one attached hydrogen (secondary N) is 1. The van der Waals surface area contributed by atoms with Gasteiger partial charge in [0, 0.05) is 12.6 Å². The summed E-state index contributed by atoms with van der Waals surface area (Å²) in [6, 6.07) is 13.5. The second-order valence-electron chi connectivity index (χ2n) is 4.22. The number of hydrogen-bond donors (Lipinski definition) is 1. The normalized spacial score (nSPS) is 10.2. The van der Waals surface area contributed by atoms with Crippen molar-refractivity contribution in [3.63, 3.8) is 0 Å². The molecule has 0 radical (unpaired) electrons. The summed E-state index contributed by atoms with van der Waals surface area (Å²) in [4.78, 5) is 15.8. The topological polar surface area (TPSA) is 42.0 Å². The minimum Gasteiger partial charge on any atom is -0.309 e. The summed E-state index contributed by atoms with van der Waals surface area (Å²) in [6.45, 7) is 0. The van der Waals surface area contributed by atoms with Gasteiger partial charge in [-0.2, -0.15) is 0 Å². The molecule has 0 fully saturated rings. The van der Waals surface area contributed by atoms with Crippen LogP contribution >= 0.6 is 11.6 Å². The first-order valence-corrected chi connectivity index (χ1v) is 6.58. The highest BCUT2D eigenvalue weighted by molar-refractivity contribution is 6.33. The summed E-state index contributed by atoms with van der Waals surface area (Å²) >= 11 is 5.92. The highest BCUT2D eigenvalue weighted by Gasteiger charge is 2.06. The van der Waals surface area contributed by atoms with Crippen molar-refractivity contribution in [2.24, 2.45) is 0 Å². The average Bonchev–Trinajstić information content (AvgIpc) is 2.43. The zero-order valence-electron chi connectivity index (χ0n) is 10.5. The summed E-state index contributed by atoms with van der Waals surface area (Å²) in [5, 5.41) is 3.17. The molecule has 2 aromatic rings. The molecule has 1 aromatic heterocycles. The SMILES string of the molecule is O=C(CCCc1ccccc1)Nc1ncccc1Cl. The predicted octanol–water partition coefficient (Wildman–Crippen LogP) is 3.70. The molecular formula is C15H15ClN2O. The van der Waals surface area contributed by atoms with Gasteiger partial charge in [-0.25, -0.2) is 4.98 Å².